The first-order valence-electron chi connectivity index (χ1n) is 7.80. The maximum absolute atomic E-state index is 12.5. The highest BCUT2D eigenvalue weighted by Crippen LogP contribution is 2.25. The van der Waals surface area contributed by atoms with Gasteiger partial charge >= 0.3 is 5.97 Å². The third-order valence-corrected chi connectivity index (χ3v) is 3.59. The Morgan fingerprint density at radius 2 is 2.00 bits per heavy atom. The number of carbonyl (C=O) groups is 2. The van der Waals surface area contributed by atoms with E-state index in [1.807, 2.05) is 19.9 Å². The maximum atomic E-state index is 12.5. The molecule has 2 aromatic rings. The lowest BCUT2D eigenvalue weighted by molar-refractivity contribution is 0.0600. The van der Waals surface area contributed by atoms with Crippen molar-refractivity contribution in [3.8, 4) is 0 Å². The summed E-state index contributed by atoms with van der Waals surface area (Å²) in [5, 5.41) is 0. The Morgan fingerprint density at radius 1 is 1.28 bits per heavy atom. The number of nitrogens with two attached hydrogens (primary N) is 1. The molecule has 0 atom stereocenters. The van der Waals surface area contributed by atoms with E-state index in [-0.39, 0.29) is 13.3 Å². The highest BCUT2D eigenvalue weighted by Gasteiger charge is 2.28. The van der Waals surface area contributed by atoms with Crippen LogP contribution in [-0.2, 0) is 17.8 Å². The number of methoxy groups -OCH3 is 1. The van der Waals surface area contributed by atoms with Crippen LogP contribution in [-0.4, -0.2) is 28.9 Å². The van der Waals surface area contributed by atoms with E-state index in [4.69, 9.17) is 5.73 Å². The van der Waals surface area contributed by atoms with Crippen LogP contribution in [0.4, 0.5) is 5.82 Å². The Kier molecular flexibility index (Phi) is 7.11. The average Bonchev–Trinajstić information content (AvgIpc) is 2.91. The Morgan fingerprint density at radius 3 is 2.64 bits per heavy atom. The second-order valence-corrected chi connectivity index (χ2v) is 5.08. The van der Waals surface area contributed by atoms with Gasteiger partial charge in [-0.25, -0.2) is 9.78 Å². The van der Waals surface area contributed by atoms with E-state index in [9.17, 15) is 9.59 Å². The average molecular weight is 343 g/mol. The van der Waals surface area contributed by atoms with E-state index in [0.29, 0.717) is 30.0 Å². The van der Waals surface area contributed by atoms with E-state index >= 15 is 0 Å². The van der Waals surface area contributed by atoms with Gasteiger partial charge in [-0.15, -0.1) is 0 Å². The number of nitrogens with zero attached hydrogens (tertiary/aromatic N) is 2. The monoisotopic (exact) mass is 343 g/mol. The molecule has 6 heteroatoms. The van der Waals surface area contributed by atoms with Gasteiger partial charge in [0, 0.05) is 12.1 Å². The molecule has 0 saturated heterocycles. The normalized spacial score (nSPS) is 11.8. The Bertz CT molecular complexity index is 759. The van der Waals surface area contributed by atoms with Crippen LogP contribution in [0.1, 0.15) is 53.2 Å². The van der Waals surface area contributed by atoms with Gasteiger partial charge in [0.1, 0.15) is 5.82 Å². The smallest absolute Gasteiger partial charge is 0.337 e. The number of pyridine rings is 1. The number of aromatic nitrogens is 1. The number of hydrogen-bond donors (Lipinski definition) is 1. The van der Waals surface area contributed by atoms with Crippen LogP contribution in [0.2, 0.25) is 0 Å². The molecule has 1 amide bonds. The molecule has 0 aliphatic carbocycles. The van der Waals surface area contributed by atoms with E-state index in [2.05, 4.69) is 9.72 Å². The highest BCUT2D eigenvalue weighted by molar-refractivity contribution is 6.01. The van der Waals surface area contributed by atoms with Crippen LogP contribution in [0.15, 0.2) is 36.4 Å². The zero-order valence-corrected chi connectivity index (χ0v) is 14.1. The van der Waals surface area contributed by atoms with Crippen molar-refractivity contribution in [2.75, 3.05) is 12.8 Å². The van der Waals surface area contributed by atoms with Crippen LogP contribution in [0.3, 0.4) is 0 Å². The quantitative estimate of drug-likeness (QED) is 0.865. The Hall–Kier alpha value is -2.89. The minimum atomic E-state index is -0.452. The molecule has 0 fully saturated rings. The molecule has 0 radical (unpaired) electrons. The summed E-state index contributed by atoms with van der Waals surface area (Å²) in [5.41, 5.74) is 8.18. The van der Waals surface area contributed by atoms with Crippen molar-refractivity contribution in [3.63, 3.8) is 0 Å². The number of esters is 1. The third-order valence-electron chi connectivity index (χ3n) is 3.59. The van der Waals surface area contributed by atoms with Crippen molar-refractivity contribution < 1.29 is 14.3 Å². The molecule has 1 aromatic heterocycles. The standard InChI is InChI=1S/C16H15N3O3.C2H6.CH4/c1-22-16(21)10-5-6-11-8-19(15(20)13(11)7-10)9-12-3-2-4-14(17)18-12;1-2;/h2-7H,8-9H2,1H3,(H2,17,18);1-2H3;1H4. The third kappa shape index (κ3) is 4.35. The van der Waals surface area contributed by atoms with Crippen LogP contribution >= 0.6 is 0 Å². The molecule has 2 N–H and O–H groups in total. The minimum absolute atomic E-state index is 0. The predicted molar refractivity (Wildman–Crippen MR) is 98.1 cm³/mol. The number of benzene rings is 1. The molecule has 0 saturated carbocycles. The van der Waals surface area contributed by atoms with Gasteiger partial charge in [-0.2, -0.15) is 0 Å². The summed E-state index contributed by atoms with van der Waals surface area (Å²) < 4.78 is 4.68. The molecule has 0 unspecified atom stereocenters. The van der Waals surface area contributed by atoms with Crippen LogP contribution in [0.25, 0.3) is 0 Å². The molecule has 134 valence electrons. The Labute approximate surface area is 148 Å². The van der Waals surface area contributed by atoms with Gasteiger partial charge in [0.05, 0.1) is 24.9 Å². The second-order valence-electron chi connectivity index (χ2n) is 5.08. The van der Waals surface area contributed by atoms with Gasteiger partial charge in [0.25, 0.3) is 5.91 Å². The van der Waals surface area contributed by atoms with Crippen molar-refractivity contribution in [1.82, 2.24) is 9.88 Å². The first-order chi connectivity index (χ1) is 11.6. The fraction of sp³-hybridized carbons (Fsp3) is 0.316. The van der Waals surface area contributed by atoms with Crippen molar-refractivity contribution >= 4 is 17.7 Å². The summed E-state index contributed by atoms with van der Waals surface area (Å²) in [6, 6.07) is 10.4. The summed E-state index contributed by atoms with van der Waals surface area (Å²) in [6.45, 7) is 4.87. The molecule has 1 aromatic carbocycles. The second kappa shape index (κ2) is 8.82. The summed E-state index contributed by atoms with van der Waals surface area (Å²) >= 11 is 0. The largest absolute Gasteiger partial charge is 0.465 e. The number of rotatable bonds is 3. The number of carbonyl (C=O) groups excluding carboxylic acids is 2. The van der Waals surface area contributed by atoms with Crippen molar-refractivity contribution in [2.24, 2.45) is 0 Å². The van der Waals surface area contributed by atoms with Crippen LogP contribution in [0, 0.1) is 0 Å². The number of nitrogen functional groups attached to an aromatic ring is 1. The van der Waals surface area contributed by atoms with E-state index in [1.165, 1.54) is 7.11 Å². The molecule has 0 bridgehead atoms. The zero-order chi connectivity index (χ0) is 17.7. The van der Waals surface area contributed by atoms with E-state index in [1.54, 1.807) is 35.2 Å². The molecule has 6 nitrogen and oxygen atoms in total. The fourth-order valence-corrected chi connectivity index (χ4v) is 2.52. The summed E-state index contributed by atoms with van der Waals surface area (Å²) in [6.07, 6.45) is 0. The molecule has 3 rings (SSSR count). The topological polar surface area (TPSA) is 85.5 Å². The number of ether oxygens (including phenoxy) is 1. The maximum Gasteiger partial charge on any atom is 0.337 e. The number of amides is 1. The highest BCUT2D eigenvalue weighted by atomic mass is 16.5. The summed E-state index contributed by atoms with van der Waals surface area (Å²) in [7, 11) is 1.31. The lowest BCUT2D eigenvalue weighted by Gasteiger charge is -2.15. The lowest BCUT2D eigenvalue weighted by Crippen LogP contribution is -2.24. The van der Waals surface area contributed by atoms with Crippen LogP contribution < -0.4 is 5.73 Å². The molecule has 1 aliphatic heterocycles. The summed E-state index contributed by atoms with van der Waals surface area (Å²) in [5.74, 6) is -0.147. The molecular weight excluding hydrogens is 318 g/mol. The number of anilines is 1. The van der Waals surface area contributed by atoms with Gasteiger partial charge in [-0.1, -0.05) is 33.4 Å². The van der Waals surface area contributed by atoms with Crippen molar-refractivity contribution in [2.45, 2.75) is 34.4 Å². The minimum Gasteiger partial charge on any atom is -0.465 e. The lowest BCUT2D eigenvalue weighted by atomic mass is 10.1. The van der Waals surface area contributed by atoms with Gasteiger partial charge in [0.15, 0.2) is 0 Å². The van der Waals surface area contributed by atoms with Gasteiger partial charge < -0.3 is 15.4 Å². The van der Waals surface area contributed by atoms with Crippen molar-refractivity contribution in [3.05, 3.63) is 58.8 Å². The number of hydrogen-bond acceptors (Lipinski definition) is 5. The summed E-state index contributed by atoms with van der Waals surface area (Å²) in [4.78, 5) is 29.9. The molecule has 0 spiro atoms. The molecule has 1 aliphatic rings. The van der Waals surface area contributed by atoms with E-state index < -0.39 is 5.97 Å². The fourth-order valence-electron chi connectivity index (χ4n) is 2.52. The van der Waals surface area contributed by atoms with Crippen LogP contribution in [0.5, 0.6) is 0 Å². The predicted octanol–water partition coefficient (Wildman–Crippen LogP) is 3.27. The van der Waals surface area contributed by atoms with Crippen molar-refractivity contribution in [1.29, 1.82) is 0 Å². The van der Waals surface area contributed by atoms with Gasteiger partial charge in [-0.05, 0) is 29.8 Å². The zero-order valence-electron chi connectivity index (χ0n) is 14.1. The molecular formula is C19H25N3O3. The first kappa shape index (κ1) is 20.2. The van der Waals surface area contributed by atoms with Gasteiger partial charge in [-0.3, -0.25) is 4.79 Å². The SMILES string of the molecule is C.CC.COC(=O)c1ccc2c(c1)C(=O)N(Cc1cccc(N)n1)C2. The first-order valence-corrected chi connectivity index (χ1v) is 7.80. The number of fused-ring (bicyclic) bond motifs is 1. The van der Waals surface area contributed by atoms with Gasteiger partial charge in [0.2, 0.25) is 0 Å². The van der Waals surface area contributed by atoms with E-state index in [0.717, 1.165) is 11.3 Å². The molecule has 25 heavy (non-hydrogen) atoms. The Balaban J connectivity index is 0.00000101. The molecule has 2 heterocycles.